The fraction of sp³-hybridized carbons (Fsp3) is 0.940. The van der Waals surface area contributed by atoms with Crippen molar-refractivity contribution in [3.63, 3.8) is 0 Å². The summed E-state index contributed by atoms with van der Waals surface area (Å²) in [4.78, 5) is 12.5. The lowest BCUT2D eigenvalue weighted by Crippen LogP contribution is -2.49. The third-order valence-corrected chi connectivity index (χ3v) is 11.9. The maximum atomic E-state index is 12.5. The Balaban J connectivity index is 3.56. The van der Waals surface area contributed by atoms with Gasteiger partial charge in [0.1, 0.15) is 6.10 Å². The Morgan fingerprint density at radius 2 is 0.691 bits per heavy atom. The van der Waals surface area contributed by atoms with Crippen molar-refractivity contribution in [2.45, 2.75) is 295 Å². The highest BCUT2D eigenvalue weighted by atomic mass is 16.3. The first-order valence-electron chi connectivity index (χ1n) is 25.0. The Morgan fingerprint density at radius 3 is 1.00 bits per heavy atom. The molecule has 4 N–H and O–H groups in total. The second-order valence-corrected chi connectivity index (χ2v) is 17.4. The van der Waals surface area contributed by atoms with Crippen LogP contribution in [0.3, 0.4) is 0 Å². The van der Waals surface area contributed by atoms with E-state index in [1.165, 1.54) is 218 Å². The summed E-state index contributed by atoms with van der Waals surface area (Å²) >= 11 is 0. The molecule has 55 heavy (non-hydrogen) atoms. The summed E-state index contributed by atoms with van der Waals surface area (Å²) in [7, 11) is 0. The van der Waals surface area contributed by atoms with E-state index in [-0.39, 0.29) is 6.61 Å². The van der Waals surface area contributed by atoms with E-state index in [0.29, 0.717) is 12.8 Å². The lowest BCUT2D eigenvalue weighted by molar-refractivity contribution is -0.131. The SMILES string of the molecule is CCCCCCCCCCCCCC/C=C\CCCCCCCCCCC(O)C(=O)NC(CO)C(O)CCCCCCCCCCCCCCCCCCC. The number of unbranched alkanes of at least 4 members (excludes halogenated alkanes) is 36. The number of hydrogen-bond donors (Lipinski definition) is 4. The van der Waals surface area contributed by atoms with Gasteiger partial charge < -0.3 is 20.6 Å². The van der Waals surface area contributed by atoms with Crippen LogP contribution in [-0.4, -0.2) is 46.1 Å². The number of carbonyl (C=O) groups is 1. The molecule has 0 aromatic rings. The smallest absolute Gasteiger partial charge is 0.249 e. The number of hydrogen-bond acceptors (Lipinski definition) is 4. The molecule has 0 saturated heterocycles. The molecule has 0 bridgehead atoms. The van der Waals surface area contributed by atoms with Crippen molar-refractivity contribution in [3.8, 4) is 0 Å². The van der Waals surface area contributed by atoms with E-state index in [4.69, 9.17) is 0 Å². The molecular formula is C50H99NO4. The molecule has 3 unspecified atom stereocenters. The Hall–Kier alpha value is -0.910. The van der Waals surface area contributed by atoms with Gasteiger partial charge in [-0.2, -0.15) is 0 Å². The Morgan fingerprint density at radius 1 is 0.418 bits per heavy atom. The van der Waals surface area contributed by atoms with Crippen LogP contribution >= 0.6 is 0 Å². The molecule has 328 valence electrons. The normalized spacial score (nSPS) is 13.5. The Labute approximate surface area is 344 Å². The van der Waals surface area contributed by atoms with Crippen LogP contribution in [-0.2, 0) is 4.79 Å². The van der Waals surface area contributed by atoms with Crippen LogP contribution in [0.4, 0.5) is 0 Å². The maximum absolute atomic E-state index is 12.5. The van der Waals surface area contributed by atoms with E-state index in [0.717, 1.165) is 32.1 Å². The third kappa shape index (κ3) is 41.1. The minimum absolute atomic E-state index is 0.311. The van der Waals surface area contributed by atoms with Crippen molar-refractivity contribution >= 4 is 5.91 Å². The molecule has 0 aliphatic carbocycles. The lowest BCUT2D eigenvalue weighted by atomic mass is 10.0. The molecule has 0 radical (unpaired) electrons. The molecule has 0 rings (SSSR count). The van der Waals surface area contributed by atoms with Gasteiger partial charge in [0.05, 0.1) is 18.8 Å². The summed E-state index contributed by atoms with van der Waals surface area (Å²) in [6, 6.07) is -0.710. The van der Waals surface area contributed by atoms with Gasteiger partial charge in [-0.3, -0.25) is 4.79 Å². The summed E-state index contributed by atoms with van der Waals surface area (Å²) in [5.41, 5.74) is 0. The predicted molar refractivity (Wildman–Crippen MR) is 241 cm³/mol. The van der Waals surface area contributed by atoms with Crippen molar-refractivity contribution in [1.29, 1.82) is 0 Å². The zero-order valence-corrected chi connectivity index (χ0v) is 37.3. The molecule has 0 fully saturated rings. The number of allylic oxidation sites excluding steroid dienone is 2. The van der Waals surface area contributed by atoms with Crippen LogP contribution in [0.15, 0.2) is 12.2 Å². The molecule has 5 heteroatoms. The first-order valence-corrected chi connectivity index (χ1v) is 25.0. The van der Waals surface area contributed by atoms with E-state index in [2.05, 4.69) is 31.3 Å². The van der Waals surface area contributed by atoms with Gasteiger partial charge in [-0.15, -0.1) is 0 Å². The molecule has 0 aliphatic heterocycles. The number of amides is 1. The fourth-order valence-electron chi connectivity index (χ4n) is 7.95. The average Bonchev–Trinajstić information content (AvgIpc) is 3.19. The molecule has 5 nitrogen and oxygen atoms in total. The Bertz CT molecular complexity index is 773. The highest BCUT2D eigenvalue weighted by Gasteiger charge is 2.23. The highest BCUT2D eigenvalue weighted by Crippen LogP contribution is 2.17. The van der Waals surface area contributed by atoms with Gasteiger partial charge in [-0.05, 0) is 38.5 Å². The standard InChI is InChI=1S/C50H99NO4/c1-3-5-7-9-11-13-15-17-19-21-22-23-24-25-26-27-29-31-33-35-37-39-41-43-45-49(54)50(55)51-47(46-52)48(53)44-42-40-38-36-34-32-30-28-20-18-16-14-12-10-8-6-4-2/h25-26,47-49,52-54H,3-24,27-46H2,1-2H3,(H,51,55)/b26-25-. The fourth-order valence-corrected chi connectivity index (χ4v) is 7.95. The number of aliphatic hydroxyl groups excluding tert-OH is 3. The van der Waals surface area contributed by atoms with Crippen molar-refractivity contribution in [3.05, 3.63) is 12.2 Å². The predicted octanol–water partition coefficient (Wildman–Crippen LogP) is 14.8. The molecule has 1 amide bonds. The van der Waals surface area contributed by atoms with E-state index in [9.17, 15) is 20.1 Å². The second kappa shape index (κ2) is 45.8. The molecule has 0 aromatic heterocycles. The van der Waals surface area contributed by atoms with Crippen molar-refractivity contribution in [1.82, 2.24) is 5.32 Å². The minimum atomic E-state index is -1.07. The van der Waals surface area contributed by atoms with E-state index < -0.39 is 24.2 Å². The zero-order chi connectivity index (χ0) is 40.1. The van der Waals surface area contributed by atoms with E-state index >= 15 is 0 Å². The van der Waals surface area contributed by atoms with Crippen LogP contribution in [0, 0.1) is 0 Å². The summed E-state index contributed by atoms with van der Waals surface area (Å²) in [5.74, 6) is -0.469. The molecule has 0 saturated carbocycles. The number of aliphatic hydroxyl groups is 3. The van der Waals surface area contributed by atoms with Gasteiger partial charge in [-0.25, -0.2) is 0 Å². The number of carbonyl (C=O) groups excluding carboxylic acids is 1. The minimum Gasteiger partial charge on any atom is -0.394 e. The topological polar surface area (TPSA) is 89.8 Å². The summed E-state index contributed by atoms with van der Waals surface area (Å²) < 4.78 is 0. The molecular weight excluding hydrogens is 679 g/mol. The van der Waals surface area contributed by atoms with Gasteiger partial charge in [0.15, 0.2) is 0 Å². The van der Waals surface area contributed by atoms with Crippen LogP contribution in [0.25, 0.3) is 0 Å². The highest BCUT2D eigenvalue weighted by molar-refractivity contribution is 5.80. The van der Waals surface area contributed by atoms with E-state index in [1.807, 2.05) is 0 Å². The monoisotopic (exact) mass is 778 g/mol. The molecule has 0 spiro atoms. The quantitative estimate of drug-likeness (QED) is 0.0366. The summed E-state index contributed by atoms with van der Waals surface area (Å²) in [5, 5.41) is 33.4. The van der Waals surface area contributed by atoms with Crippen molar-refractivity contribution in [2.75, 3.05) is 6.61 Å². The van der Waals surface area contributed by atoms with Crippen LogP contribution in [0.5, 0.6) is 0 Å². The first-order chi connectivity index (χ1) is 27.1. The van der Waals surface area contributed by atoms with E-state index in [1.54, 1.807) is 0 Å². The molecule has 0 aliphatic rings. The van der Waals surface area contributed by atoms with Gasteiger partial charge >= 0.3 is 0 Å². The lowest BCUT2D eigenvalue weighted by Gasteiger charge is -2.23. The third-order valence-electron chi connectivity index (χ3n) is 11.9. The average molecular weight is 778 g/mol. The van der Waals surface area contributed by atoms with Crippen molar-refractivity contribution in [2.24, 2.45) is 0 Å². The zero-order valence-electron chi connectivity index (χ0n) is 37.3. The first kappa shape index (κ1) is 54.1. The van der Waals surface area contributed by atoms with Gasteiger partial charge in [0.25, 0.3) is 0 Å². The van der Waals surface area contributed by atoms with Crippen LogP contribution < -0.4 is 5.32 Å². The second-order valence-electron chi connectivity index (χ2n) is 17.4. The molecule has 0 aromatic carbocycles. The maximum Gasteiger partial charge on any atom is 0.249 e. The molecule has 3 atom stereocenters. The summed E-state index contributed by atoms with van der Waals surface area (Å²) in [6.45, 7) is 4.26. The van der Waals surface area contributed by atoms with Crippen LogP contribution in [0.1, 0.15) is 277 Å². The van der Waals surface area contributed by atoms with Gasteiger partial charge in [0, 0.05) is 0 Å². The van der Waals surface area contributed by atoms with Gasteiger partial charge in [-0.1, -0.05) is 251 Å². The molecule has 0 heterocycles. The Kier molecular flexibility index (Phi) is 45.0. The van der Waals surface area contributed by atoms with Gasteiger partial charge in [0.2, 0.25) is 5.91 Å². The van der Waals surface area contributed by atoms with Crippen molar-refractivity contribution < 1.29 is 20.1 Å². The number of rotatable bonds is 46. The summed E-state index contributed by atoms with van der Waals surface area (Å²) in [6.07, 6.45) is 55.1. The number of nitrogens with one attached hydrogen (secondary N) is 1. The largest absolute Gasteiger partial charge is 0.394 e. The van der Waals surface area contributed by atoms with Crippen LogP contribution in [0.2, 0.25) is 0 Å².